The molecular weight excluding hydrogens is 256 g/mol. The van der Waals surface area contributed by atoms with Crippen molar-refractivity contribution in [3.8, 4) is 11.5 Å². The molecule has 0 radical (unpaired) electrons. The second-order valence-corrected chi connectivity index (χ2v) is 4.67. The van der Waals surface area contributed by atoms with E-state index < -0.39 is 0 Å². The number of carbonyl (C=O) groups excluding carboxylic acids is 1. The lowest BCUT2D eigenvalue weighted by atomic mass is 10.0. The summed E-state index contributed by atoms with van der Waals surface area (Å²) >= 11 is 0. The van der Waals surface area contributed by atoms with E-state index in [2.05, 4.69) is 6.92 Å². The summed E-state index contributed by atoms with van der Waals surface area (Å²) in [6, 6.07) is 3.49. The third-order valence-corrected chi connectivity index (χ3v) is 3.28. The van der Waals surface area contributed by atoms with Gasteiger partial charge in [-0.05, 0) is 30.5 Å². The van der Waals surface area contributed by atoms with Crippen molar-refractivity contribution in [1.82, 2.24) is 0 Å². The van der Waals surface area contributed by atoms with E-state index in [4.69, 9.17) is 14.2 Å². The quantitative estimate of drug-likeness (QED) is 0.539. The molecule has 0 fully saturated rings. The Kier molecular flexibility index (Phi) is 6.91. The smallest absolute Gasteiger partial charge is 0.337 e. The van der Waals surface area contributed by atoms with E-state index in [-0.39, 0.29) is 5.97 Å². The van der Waals surface area contributed by atoms with Gasteiger partial charge in [-0.15, -0.1) is 0 Å². The molecule has 0 amide bonds. The first-order chi connectivity index (χ1) is 9.67. The first kappa shape index (κ1) is 16.3. The van der Waals surface area contributed by atoms with E-state index in [9.17, 15) is 4.79 Å². The van der Waals surface area contributed by atoms with Crippen LogP contribution in [0.4, 0.5) is 0 Å². The predicted octanol–water partition coefficient (Wildman–Crippen LogP) is 3.61. The van der Waals surface area contributed by atoms with Crippen LogP contribution in [0, 0.1) is 0 Å². The minimum atomic E-state index is -0.360. The van der Waals surface area contributed by atoms with E-state index in [1.807, 2.05) is 6.07 Å². The van der Waals surface area contributed by atoms with Crippen molar-refractivity contribution < 1.29 is 19.0 Å². The highest BCUT2D eigenvalue weighted by Gasteiger charge is 2.16. The number of aryl methyl sites for hydroxylation is 1. The number of esters is 1. The maximum absolute atomic E-state index is 11.7. The zero-order valence-corrected chi connectivity index (χ0v) is 12.8. The highest BCUT2D eigenvalue weighted by molar-refractivity contribution is 5.90. The topological polar surface area (TPSA) is 44.8 Å². The molecule has 0 saturated carbocycles. The number of unbranched alkanes of at least 4 members (excludes halogenated alkanes) is 3. The van der Waals surface area contributed by atoms with Gasteiger partial charge in [-0.2, -0.15) is 0 Å². The number of benzene rings is 1. The molecule has 20 heavy (non-hydrogen) atoms. The van der Waals surface area contributed by atoms with Gasteiger partial charge in [-0.1, -0.05) is 26.2 Å². The molecule has 4 nitrogen and oxygen atoms in total. The summed E-state index contributed by atoms with van der Waals surface area (Å²) in [7, 11) is 4.56. The first-order valence-electron chi connectivity index (χ1n) is 7.01. The Hall–Kier alpha value is -1.71. The van der Waals surface area contributed by atoms with Gasteiger partial charge in [-0.3, -0.25) is 0 Å². The third-order valence-electron chi connectivity index (χ3n) is 3.28. The summed E-state index contributed by atoms with van der Waals surface area (Å²) in [4.78, 5) is 11.7. The van der Waals surface area contributed by atoms with Crippen LogP contribution in [-0.4, -0.2) is 27.3 Å². The number of methoxy groups -OCH3 is 3. The molecule has 0 atom stereocenters. The molecule has 1 aromatic rings. The lowest BCUT2D eigenvalue weighted by Gasteiger charge is -2.14. The van der Waals surface area contributed by atoms with Crippen LogP contribution in [0.3, 0.4) is 0 Å². The standard InChI is InChI=1S/C16H24O4/c1-5-6-7-8-9-12-10-13(16(17)20-4)11-14(18-2)15(12)19-3/h10-11H,5-9H2,1-4H3. The summed E-state index contributed by atoms with van der Waals surface area (Å²) in [5.74, 6) is 0.915. The van der Waals surface area contributed by atoms with Gasteiger partial charge in [0.2, 0.25) is 0 Å². The van der Waals surface area contributed by atoms with Gasteiger partial charge in [0.25, 0.3) is 0 Å². The molecule has 1 aromatic carbocycles. The molecule has 0 aliphatic heterocycles. The van der Waals surface area contributed by atoms with Crippen LogP contribution in [0.1, 0.15) is 48.5 Å². The Labute approximate surface area is 121 Å². The first-order valence-corrected chi connectivity index (χ1v) is 7.01. The number of hydrogen-bond donors (Lipinski definition) is 0. The molecule has 0 N–H and O–H groups in total. The number of hydrogen-bond acceptors (Lipinski definition) is 4. The van der Waals surface area contributed by atoms with E-state index in [1.165, 1.54) is 26.4 Å². The van der Waals surface area contributed by atoms with Crippen LogP contribution in [0.15, 0.2) is 12.1 Å². The van der Waals surface area contributed by atoms with Gasteiger partial charge in [0.05, 0.1) is 26.9 Å². The van der Waals surface area contributed by atoms with Gasteiger partial charge >= 0.3 is 5.97 Å². The second-order valence-electron chi connectivity index (χ2n) is 4.67. The van der Waals surface area contributed by atoms with Crippen LogP contribution in [0.5, 0.6) is 11.5 Å². The van der Waals surface area contributed by atoms with Gasteiger partial charge in [0, 0.05) is 0 Å². The Morgan fingerprint density at radius 2 is 1.80 bits per heavy atom. The zero-order valence-electron chi connectivity index (χ0n) is 12.8. The van der Waals surface area contributed by atoms with Crippen LogP contribution in [0.2, 0.25) is 0 Å². The van der Waals surface area contributed by atoms with Gasteiger partial charge < -0.3 is 14.2 Å². The summed E-state index contributed by atoms with van der Waals surface area (Å²) in [5.41, 5.74) is 1.49. The van der Waals surface area contributed by atoms with Crippen LogP contribution in [0.25, 0.3) is 0 Å². The molecule has 0 heterocycles. The third kappa shape index (κ3) is 4.15. The molecule has 0 saturated heterocycles. The molecule has 0 spiro atoms. The maximum atomic E-state index is 11.7. The lowest BCUT2D eigenvalue weighted by molar-refractivity contribution is 0.0600. The van der Waals surface area contributed by atoms with Crippen molar-refractivity contribution >= 4 is 5.97 Å². The van der Waals surface area contributed by atoms with Gasteiger partial charge in [-0.25, -0.2) is 4.79 Å². The van der Waals surface area contributed by atoms with Crippen LogP contribution < -0.4 is 9.47 Å². The molecular formula is C16H24O4. The SMILES string of the molecule is CCCCCCc1cc(C(=O)OC)cc(OC)c1OC. The Morgan fingerprint density at radius 1 is 1.05 bits per heavy atom. The Balaban J connectivity index is 3.01. The maximum Gasteiger partial charge on any atom is 0.337 e. The molecule has 112 valence electrons. The van der Waals surface area contributed by atoms with Crippen molar-refractivity contribution in [2.24, 2.45) is 0 Å². The van der Waals surface area contributed by atoms with Gasteiger partial charge in [0.1, 0.15) is 0 Å². The van der Waals surface area contributed by atoms with Crippen molar-refractivity contribution in [2.45, 2.75) is 39.0 Å². The predicted molar refractivity (Wildman–Crippen MR) is 78.7 cm³/mol. The largest absolute Gasteiger partial charge is 0.493 e. The average molecular weight is 280 g/mol. The second kappa shape index (κ2) is 8.46. The number of ether oxygens (including phenoxy) is 3. The Morgan fingerprint density at radius 3 is 2.35 bits per heavy atom. The molecule has 1 rings (SSSR count). The van der Waals surface area contributed by atoms with Crippen molar-refractivity contribution in [3.05, 3.63) is 23.3 Å². The van der Waals surface area contributed by atoms with Crippen molar-refractivity contribution in [3.63, 3.8) is 0 Å². The van der Waals surface area contributed by atoms with Crippen molar-refractivity contribution in [1.29, 1.82) is 0 Å². The fourth-order valence-electron chi connectivity index (χ4n) is 2.21. The minimum absolute atomic E-state index is 0.360. The summed E-state index contributed by atoms with van der Waals surface area (Å²) in [5, 5.41) is 0. The summed E-state index contributed by atoms with van der Waals surface area (Å²) in [6.07, 6.45) is 5.52. The van der Waals surface area contributed by atoms with Crippen LogP contribution >= 0.6 is 0 Å². The normalized spacial score (nSPS) is 10.2. The fourth-order valence-corrected chi connectivity index (χ4v) is 2.21. The lowest BCUT2D eigenvalue weighted by Crippen LogP contribution is -2.05. The molecule has 0 unspecified atom stereocenters. The van der Waals surface area contributed by atoms with E-state index in [0.717, 1.165) is 18.4 Å². The monoisotopic (exact) mass is 280 g/mol. The molecule has 0 bridgehead atoms. The molecule has 0 aromatic heterocycles. The summed E-state index contributed by atoms with van der Waals surface area (Å²) < 4.78 is 15.5. The highest BCUT2D eigenvalue weighted by Crippen LogP contribution is 2.34. The molecule has 0 aliphatic carbocycles. The minimum Gasteiger partial charge on any atom is -0.493 e. The Bertz CT molecular complexity index is 440. The van der Waals surface area contributed by atoms with E-state index in [0.29, 0.717) is 17.1 Å². The van der Waals surface area contributed by atoms with Gasteiger partial charge in [0.15, 0.2) is 11.5 Å². The fraction of sp³-hybridized carbons (Fsp3) is 0.562. The van der Waals surface area contributed by atoms with E-state index in [1.54, 1.807) is 20.3 Å². The zero-order chi connectivity index (χ0) is 15.0. The van der Waals surface area contributed by atoms with Crippen LogP contribution in [-0.2, 0) is 11.2 Å². The highest BCUT2D eigenvalue weighted by atomic mass is 16.5. The number of carbonyl (C=O) groups is 1. The summed E-state index contributed by atoms with van der Waals surface area (Å²) in [6.45, 7) is 2.18. The van der Waals surface area contributed by atoms with E-state index >= 15 is 0 Å². The number of rotatable bonds is 8. The molecule has 4 heteroatoms. The van der Waals surface area contributed by atoms with Crippen molar-refractivity contribution in [2.75, 3.05) is 21.3 Å². The molecule has 0 aliphatic rings. The average Bonchev–Trinajstić information content (AvgIpc) is 2.49.